The molecule has 1 fully saturated rings. The maximum absolute atomic E-state index is 12.7. The summed E-state index contributed by atoms with van der Waals surface area (Å²) in [6.45, 7) is 12.7. The van der Waals surface area contributed by atoms with Crippen molar-refractivity contribution in [3.8, 4) is 0 Å². The normalized spacial score (nSPS) is 16.1. The first-order chi connectivity index (χ1) is 23.1. The van der Waals surface area contributed by atoms with E-state index in [9.17, 15) is 24.6 Å². The van der Waals surface area contributed by atoms with Crippen molar-refractivity contribution in [1.29, 1.82) is 0 Å². The molecule has 0 bridgehead atoms. The quantitative estimate of drug-likeness (QED) is 0.186. The number of alkyl carbamates (subject to hydrolysis) is 2. The van der Waals surface area contributed by atoms with Gasteiger partial charge in [0.1, 0.15) is 17.8 Å². The highest BCUT2D eigenvalue weighted by molar-refractivity contribution is 5.69. The first-order valence-electron chi connectivity index (χ1n) is 16.7. The second kappa shape index (κ2) is 18.7. The molecule has 3 amide bonds. The van der Waals surface area contributed by atoms with Crippen LogP contribution >= 0.6 is 0 Å². The van der Waals surface area contributed by atoms with E-state index in [0.717, 1.165) is 16.7 Å². The average Bonchev–Trinajstić information content (AvgIpc) is 3.02. The second-order valence-corrected chi connectivity index (χ2v) is 14.2. The molecule has 0 spiro atoms. The van der Waals surface area contributed by atoms with E-state index in [-0.39, 0.29) is 32.2 Å². The molecule has 3 rings (SSSR count). The highest BCUT2D eigenvalue weighted by atomic mass is 16.6. The third-order valence-electron chi connectivity index (χ3n) is 7.45. The van der Waals surface area contributed by atoms with Crippen LogP contribution in [0.2, 0.25) is 0 Å². The van der Waals surface area contributed by atoms with Gasteiger partial charge in [-0.3, -0.25) is 0 Å². The van der Waals surface area contributed by atoms with Gasteiger partial charge in [0.25, 0.3) is 0 Å². The Morgan fingerprint density at radius 2 is 1.18 bits per heavy atom. The number of morpholine rings is 1. The number of amides is 3. The number of benzene rings is 2. The Bertz CT molecular complexity index is 1310. The lowest BCUT2D eigenvalue weighted by molar-refractivity contribution is 0.0249. The van der Waals surface area contributed by atoms with Gasteiger partial charge in [0.2, 0.25) is 0 Å². The Morgan fingerprint density at radius 3 is 1.65 bits per heavy atom. The number of rotatable bonds is 14. The Hall–Kier alpha value is -3.91. The fraction of sp³-hybridized carbons (Fsp3) is 0.583. The van der Waals surface area contributed by atoms with Crippen LogP contribution in [0, 0.1) is 0 Å². The molecule has 272 valence electrons. The zero-order valence-corrected chi connectivity index (χ0v) is 29.6. The van der Waals surface area contributed by atoms with Crippen molar-refractivity contribution in [3.05, 3.63) is 71.3 Å². The Labute approximate surface area is 289 Å². The maximum Gasteiger partial charge on any atom is 0.410 e. The maximum atomic E-state index is 12.7. The van der Waals surface area contributed by atoms with E-state index >= 15 is 0 Å². The molecule has 2 aromatic carbocycles. The number of nitrogens with one attached hydrogen (secondary N) is 3. The predicted octanol–water partition coefficient (Wildman–Crippen LogP) is 3.54. The molecule has 0 aliphatic carbocycles. The molecule has 0 unspecified atom stereocenters. The van der Waals surface area contributed by atoms with Gasteiger partial charge in [0.15, 0.2) is 0 Å². The average molecular weight is 687 g/mol. The Kier molecular flexibility index (Phi) is 15.1. The molecule has 1 heterocycles. The lowest BCUT2D eigenvalue weighted by Gasteiger charge is -2.29. The van der Waals surface area contributed by atoms with Gasteiger partial charge in [0.05, 0.1) is 37.5 Å². The topological polar surface area (TPSA) is 168 Å². The first-order valence-corrected chi connectivity index (χ1v) is 16.7. The predicted molar refractivity (Wildman–Crippen MR) is 184 cm³/mol. The fourth-order valence-electron chi connectivity index (χ4n) is 5.02. The van der Waals surface area contributed by atoms with Crippen molar-refractivity contribution in [2.75, 3.05) is 39.4 Å². The van der Waals surface area contributed by atoms with Crippen molar-refractivity contribution < 1.29 is 43.5 Å². The molecule has 0 aromatic heterocycles. The van der Waals surface area contributed by atoms with E-state index in [0.29, 0.717) is 32.7 Å². The summed E-state index contributed by atoms with van der Waals surface area (Å²) in [6, 6.07) is 15.4. The monoisotopic (exact) mass is 686 g/mol. The van der Waals surface area contributed by atoms with Gasteiger partial charge in [0, 0.05) is 26.2 Å². The summed E-state index contributed by atoms with van der Waals surface area (Å²) in [5.74, 6) is 0. The number of ether oxygens (including phenoxy) is 4. The zero-order valence-electron chi connectivity index (χ0n) is 29.6. The highest BCUT2D eigenvalue weighted by Crippen LogP contribution is 2.14. The van der Waals surface area contributed by atoms with Crippen LogP contribution in [0.1, 0.15) is 58.2 Å². The van der Waals surface area contributed by atoms with Crippen molar-refractivity contribution >= 4 is 18.3 Å². The summed E-state index contributed by atoms with van der Waals surface area (Å²) < 4.78 is 21.6. The van der Waals surface area contributed by atoms with E-state index in [1.54, 1.807) is 46.4 Å². The van der Waals surface area contributed by atoms with E-state index in [1.807, 2.05) is 54.6 Å². The molecule has 13 heteroatoms. The molecule has 13 nitrogen and oxygen atoms in total. The molecule has 1 aliphatic rings. The summed E-state index contributed by atoms with van der Waals surface area (Å²) in [5.41, 5.74) is 1.10. The number of carbonyl (C=O) groups excluding carboxylic acids is 3. The minimum absolute atomic E-state index is 0.0254. The summed E-state index contributed by atoms with van der Waals surface area (Å²) >= 11 is 0. The molecule has 1 saturated heterocycles. The zero-order chi connectivity index (χ0) is 36.0. The van der Waals surface area contributed by atoms with Gasteiger partial charge in [-0.05, 0) is 71.1 Å². The summed E-state index contributed by atoms with van der Waals surface area (Å²) in [5, 5.41) is 31.0. The molecule has 0 saturated carbocycles. The molecular weight excluding hydrogens is 632 g/mol. The smallest absolute Gasteiger partial charge is 0.410 e. The number of hydrogen-bond donors (Lipinski definition) is 5. The van der Waals surface area contributed by atoms with Gasteiger partial charge >= 0.3 is 18.3 Å². The lowest BCUT2D eigenvalue weighted by atomic mass is 9.99. The Morgan fingerprint density at radius 1 is 0.735 bits per heavy atom. The fourth-order valence-corrected chi connectivity index (χ4v) is 5.02. The van der Waals surface area contributed by atoms with E-state index in [2.05, 4.69) is 16.0 Å². The van der Waals surface area contributed by atoms with Crippen molar-refractivity contribution in [3.63, 3.8) is 0 Å². The number of aliphatic hydroxyl groups excluding tert-OH is 2. The first kappa shape index (κ1) is 39.5. The van der Waals surface area contributed by atoms with Crippen LogP contribution in [0.3, 0.4) is 0 Å². The van der Waals surface area contributed by atoms with Crippen molar-refractivity contribution in [1.82, 2.24) is 20.9 Å². The summed E-state index contributed by atoms with van der Waals surface area (Å²) in [4.78, 5) is 39.2. The van der Waals surface area contributed by atoms with Crippen LogP contribution in [-0.2, 0) is 38.4 Å². The minimum Gasteiger partial charge on any atom is -0.445 e. The van der Waals surface area contributed by atoms with Crippen molar-refractivity contribution in [2.24, 2.45) is 0 Å². The van der Waals surface area contributed by atoms with E-state index in [1.165, 1.54) is 0 Å². The van der Waals surface area contributed by atoms with Gasteiger partial charge < -0.3 is 50.0 Å². The molecule has 4 atom stereocenters. The number of nitrogens with zero attached hydrogens (tertiary/aromatic N) is 1. The molecule has 1 aliphatic heterocycles. The summed E-state index contributed by atoms with van der Waals surface area (Å²) in [7, 11) is 0. The van der Waals surface area contributed by atoms with E-state index in [4.69, 9.17) is 18.9 Å². The molecule has 5 N–H and O–H groups in total. The minimum atomic E-state index is -1.07. The van der Waals surface area contributed by atoms with Crippen LogP contribution in [-0.4, -0.2) is 108 Å². The van der Waals surface area contributed by atoms with Crippen LogP contribution < -0.4 is 16.0 Å². The van der Waals surface area contributed by atoms with Gasteiger partial charge in [-0.15, -0.1) is 0 Å². The second-order valence-electron chi connectivity index (χ2n) is 14.2. The number of carbonyl (C=O) groups is 3. The molecule has 2 aromatic rings. The molecule has 49 heavy (non-hydrogen) atoms. The molecule has 0 radical (unpaired) electrons. The van der Waals surface area contributed by atoms with Gasteiger partial charge in [-0.25, -0.2) is 14.4 Å². The summed E-state index contributed by atoms with van der Waals surface area (Å²) in [6.07, 6.45) is -3.17. The lowest BCUT2D eigenvalue weighted by Crippen LogP contribution is -2.53. The van der Waals surface area contributed by atoms with Gasteiger partial charge in [-0.2, -0.15) is 0 Å². The Balaban J connectivity index is 1.61. The van der Waals surface area contributed by atoms with E-state index < -0.39 is 47.7 Å². The largest absolute Gasteiger partial charge is 0.445 e. The van der Waals surface area contributed by atoms with Crippen LogP contribution in [0.4, 0.5) is 14.4 Å². The third-order valence-corrected chi connectivity index (χ3v) is 7.45. The SMILES string of the molecule is CC(C)(C)OC(=O)N[C@@H](Cc1ccccc1)[C@H](O)CNC[C@@H](O)[C@H](Cc1ccc(COC(=O)N2CCOCC2)cc1)NC(=O)OC(C)(C)C. The van der Waals surface area contributed by atoms with Crippen LogP contribution in [0.5, 0.6) is 0 Å². The van der Waals surface area contributed by atoms with Crippen molar-refractivity contribution in [2.45, 2.75) is 96.5 Å². The third kappa shape index (κ3) is 15.5. The number of aliphatic hydroxyl groups is 2. The van der Waals surface area contributed by atoms with Crippen LogP contribution in [0.25, 0.3) is 0 Å². The van der Waals surface area contributed by atoms with Gasteiger partial charge in [-0.1, -0.05) is 54.6 Å². The number of hydrogen-bond acceptors (Lipinski definition) is 10. The molecular formula is C36H54N4O9. The van der Waals surface area contributed by atoms with Crippen LogP contribution in [0.15, 0.2) is 54.6 Å². The highest BCUT2D eigenvalue weighted by Gasteiger charge is 2.28. The standard InChI is InChI=1S/C36H54N4O9/c1-35(2,3)48-32(43)38-28(20-25-10-8-7-9-11-25)30(41)22-37-23-31(42)29(39-33(44)49-36(4,5)6)21-26-12-14-27(15-13-26)24-47-34(45)40-16-18-46-19-17-40/h7-15,28-31,37,41-42H,16-24H2,1-6H3,(H,38,43)(H,39,44)/t28-,29-,30+,31+/m0/s1.